The molecule has 1 unspecified atom stereocenters. The summed E-state index contributed by atoms with van der Waals surface area (Å²) in [4.78, 5) is 0.303. The lowest BCUT2D eigenvalue weighted by atomic mass is 10.1. The molecule has 1 N–H and O–H groups in total. The Bertz CT molecular complexity index is 440. The average Bonchev–Trinajstić information content (AvgIpc) is 2.26. The third-order valence-electron chi connectivity index (χ3n) is 2.29. The number of nitrogens with one attached hydrogen (secondary N) is 1. The fraction of sp³-hybridized carbons (Fsp3) is 0.500. The number of halogens is 1. The van der Waals surface area contributed by atoms with Crippen LogP contribution in [0, 0.1) is 0 Å². The largest absolute Gasteiger partial charge is 0.240 e. The summed E-state index contributed by atoms with van der Waals surface area (Å²) < 4.78 is 26.1. The zero-order chi connectivity index (χ0) is 12.9. The molecule has 0 amide bonds. The lowest BCUT2D eigenvalue weighted by Crippen LogP contribution is -2.24. The summed E-state index contributed by atoms with van der Waals surface area (Å²) in [5.41, 5.74) is 1.04. The molecule has 1 aromatic rings. The van der Waals surface area contributed by atoms with Crippen molar-refractivity contribution in [1.29, 1.82) is 0 Å². The molecule has 0 aliphatic heterocycles. The molecule has 3 nitrogen and oxygen atoms in total. The highest BCUT2D eigenvalue weighted by Crippen LogP contribution is 2.13. The van der Waals surface area contributed by atoms with Gasteiger partial charge in [0, 0.05) is 11.9 Å². The summed E-state index contributed by atoms with van der Waals surface area (Å²) in [6, 6.07) is 6.85. The maximum absolute atomic E-state index is 11.8. The van der Waals surface area contributed by atoms with Crippen LogP contribution in [0.15, 0.2) is 29.2 Å². The van der Waals surface area contributed by atoms with Crippen molar-refractivity contribution in [2.75, 3.05) is 6.54 Å². The van der Waals surface area contributed by atoms with Gasteiger partial charge in [0.2, 0.25) is 10.0 Å². The standard InChI is InChI=1S/C12H18ClNO2S/c1-3-8-14-17(15,16)12-6-4-11(5-7-12)9-10(2)13/h4-7,10,14H,3,8-9H2,1-2H3. The summed E-state index contributed by atoms with van der Waals surface area (Å²) in [5.74, 6) is 0. The number of hydrogen-bond acceptors (Lipinski definition) is 2. The Kier molecular flexibility index (Phi) is 5.43. The van der Waals surface area contributed by atoms with Crippen LogP contribution in [0.25, 0.3) is 0 Å². The van der Waals surface area contributed by atoms with Gasteiger partial charge in [-0.3, -0.25) is 0 Å². The van der Waals surface area contributed by atoms with E-state index in [-0.39, 0.29) is 5.38 Å². The molecule has 1 atom stereocenters. The number of hydrogen-bond donors (Lipinski definition) is 1. The summed E-state index contributed by atoms with van der Waals surface area (Å²) in [6.45, 7) is 4.30. The normalized spacial score (nSPS) is 13.6. The van der Waals surface area contributed by atoms with Crippen molar-refractivity contribution in [3.8, 4) is 0 Å². The Morgan fingerprint density at radius 2 is 1.88 bits per heavy atom. The van der Waals surface area contributed by atoms with Gasteiger partial charge in [-0.15, -0.1) is 11.6 Å². The second-order valence-corrected chi connectivity index (χ2v) is 6.54. The summed E-state index contributed by atoms with van der Waals surface area (Å²) >= 11 is 5.88. The highest BCUT2D eigenvalue weighted by molar-refractivity contribution is 7.89. The van der Waals surface area contributed by atoms with Crippen LogP contribution in [0.4, 0.5) is 0 Å². The van der Waals surface area contributed by atoms with Gasteiger partial charge in [-0.1, -0.05) is 19.1 Å². The maximum atomic E-state index is 11.8. The first-order valence-electron chi connectivity index (χ1n) is 5.68. The smallest absolute Gasteiger partial charge is 0.211 e. The molecular formula is C12H18ClNO2S. The van der Waals surface area contributed by atoms with Gasteiger partial charge in [-0.25, -0.2) is 13.1 Å². The van der Waals surface area contributed by atoms with Crippen LogP contribution in [0.5, 0.6) is 0 Å². The first-order chi connectivity index (χ1) is 7.95. The highest BCUT2D eigenvalue weighted by Gasteiger charge is 2.12. The van der Waals surface area contributed by atoms with Gasteiger partial charge in [0.25, 0.3) is 0 Å². The fourth-order valence-corrected chi connectivity index (χ4v) is 2.76. The van der Waals surface area contributed by atoms with Crippen molar-refractivity contribution in [3.63, 3.8) is 0 Å². The molecule has 0 heterocycles. The van der Waals surface area contributed by atoms with E-state index >= 15 is 0 Å². The Labute approximate surface area is 108 Å². The fourth-order valence-electron chi connectivity index (χ4n) is 1.45. The van der Waals surface area contributed by atoms with E-state index in [1.54, 1.807) is 24.3 Å². The molecule has 1 aromatic carbocycles. The monoisotopic (exact) mass is 275 g/mol. The lowest BCUT2D eigenvalue weighted by molar-refractivity contribution is 0.581. The highest BCUT2D eigenvalue weighted by atomic mass is 35.5. The molecular weight excluding hydrogens is 258 g/mol. The summed E-state index contributed by atoms with van der Waals surface area (Å²) in [5, 5.41) is 0.0515. The molecule has 5 heteroatoms. The zero-order valence-electron chi connectivity index (χ0n) is 10.1. The van der Waals surface area contributed by atoms with E-state index in [2.05, 4.69) is 4.72 Å². The Hall–Kier alpha value is -0.580. The van der Waals surface area contributed by atoms with Gasteiger partial charge in [0.15, 0.2) is 0 Å². The number of sulfonamides is 1. The van der Waals surface area contributed by atoms with Gasteiger partial charge in [0.1, 0.15) is 0 Å². The zero-order valence-corrected chi connectivity index (χ0v) is 11.7. The maximum Gasteiger partial charge on any atom is 0.240 e. The van der Waals surface area contributed by atoms with Crippen LogP contribution in [-0.2, 0) is 16.4 Å². The third-order valence-corrected chi connectivity index (χ3v) is 3.92. The molecule has 0 spiro atoms. The molecule has 0 aliphatic rings. The van der Waals surface area contributed by atoms with E-state index in [1.165, 1.54) is 0 Å². The quantitative estimate of drug-likeness (QED) is 0.811. The predicted molar refractivity (Wildman–Crippen MR) is 70.9 cm³/mol. The van der Waals surface area contributed by atoms with Gasteiger partial charge in [0.05, 0.1) is 4.90 Å². The van der Waals surface area contributed by atoms with Crippen LogP contribution in [0.2, 0.25) is 0 Å². The van der Waals surface area contributed by atoms with Crippen molar-refractivity contribution in [3.05, 3.63) is 29.8 Å². The van der Waals surface area contributed by atoms with Crippen molar-refractivity contribution in [2.45, 2.75) is 37.0 Å². The molecule has 0 bridgehead atoms. The average molecular weight is 276 g/mol. The Morgan fingerprint density at radius 1 is 1.29 bits per heavy atom. The minimum atomic E-state index is -3.35. The topological polar surface area (TPSA) is 46.2 Å². The molecule has 0 aliphatic carbocycles. The summed E-state index contributed by atoms with van der Waals surface area (Å²) in [7, 11) is -3.35. The van der Waals surface area contributed by atoms with E-state index in [0.29, 0.717) is 11.4 Å². The molecule has 0 saturated carbocycles. The van der Waals surface area contributed by atoms with Crippen molar-refractivity contribution < 1.29 is 8.42 Å². The van der Waals surface area contributed by atoms with Crippen molar-refractivity contribution >= 4 is 21.6 Å². The van der Waals surface area contributed by atoms with E-state index in [9.17, 15) is 8.42 Å². The van der Waals surface area contributed by atoms with Gasteiger partial charge in [-0.05, 0) is 37.5 Å². The molecule has 0 saturated heterocycles. The van der Waals surface area contributed by atoms with Gasteiger partial charge in [-0.2, -0.15) is 0 Å². The molecule has 96 valence electrons. The van der Waals surface area contributed by atoms with Crippen molar-refractivity contribution in [1.82, 2.24) is 4.72 Å². The van der Waals surface area contributed by atoms with E-state index in [1.807, 2.05) is 13.8 Å². The molecule has 0 aromatic heterocycles. The second-order valence-electron chi connectivity index (χ2n) is 4.03. The SMILES string of the molecule is CCCNS(=O)(=O)c1ccc(CC(C)Cl)cc1. The second kappa shape index (κ2) is 6.38. The number of rotatable bonds is 6. The van der Waals surface area contributed by atoms with Crippen LogP contribution in [-0.4, -0.2) is 20.3 Å². The van der Waals surface area contributed by atoms with E-state index in [4.69, 9.17) is 11.6 Å². The molecule has 1 rings (SSSR count). The Balaban J connectivity index is 2.80. The van der Waals surface area contributed by atoms with Crippen LogP contribution < -0.4 is 4.72 Å². The minimum Gasteiger partial charge on any atom is -0.211 e. The Morgan fingerprint density at radius 3 is 2.35 bits per heavy atom. The first-order valence-corrected chi connectivity index (χ1v) is 7.60. The number of benzene rings is 1. The van der Waals surface area contributed by atoms with Crippen LogP contribution >= 0.6 is 11.6 Å². The molecule has 0 radical (unpaired) electrons. The third kappa shape index (κ3) is 4.66. The predicted octanol–water partition coefficient (Wildman–Crippen LogP) is 2.54. The van der Waals surface area contributed by atoms with Crippen LogP contribution in [0.1, 0.15) is 25.8 Å². The summed E-state index contributed by atoms with van der Waals surface area (Å²) in [6.07, 6.45) is 1.52. The molecule has 0 fully saturated rings. The van der Waals surface area contributed by atoms with E-state index < -0.39 is 10.0 Å². The van der Waals surface area contributed by atoms with Crippen LogP contribution in [0.3, 0.4) is 0 Å². The minimum absolute atomic E-state index is 0.0515. The lowest BCUT2D eigenvalue weighted by Gasteiger charge is -2.07. The van der Waals surface area contributed by atoms with Gasteiger partial charge < -0.3 is 0 Å². The molecule has 17 heavy (non-hydrogen) atoms. The first kappa shape index (κ1) is 14.5. The number of alkyl halides is 1. The van der Waals surface area contributed by atoms with Gasteiger partial charge >= 0.3 is 0 Å². The van der Waals surface area contributed by atoms with Crippen molar-refractivity contribution in [2.24, 2.45) is 0 Å². The van der Waals surface area contributed by atoms with E-state index in [0.717, 1.165) is 18.4 Å².